The van der Waals surface area contributed by atoms with E-state index in [9.17, 15) is 4.79 Å². The molecule has 0 aliphatic heterocycles. The Balaban J connectivity index is 1.75. The molecular weight excluding hydrogens is 332 g/mol. The van der Waals surface area contributed by atoms with Crippen LogP contribution in [0.25, 0.3) is 5.57 Å². The highest BCUT2D eigenvalue weighted by atomic mass is 16.4. The maximum absolute atomic E-state index is 11.1. The van der Waals surface area contributed by atoms with Gasteiger partial charge in [-0.25, -0.2) is 4.79 Å². The second-order valence-electron chi connectivity index (χ2n) is 9.20. The second kappa shape index (κ2) is 6.09. The molecule has 0 heterocycles. The minimum atomic E-state index is -0.900. The molecular formula is C25H28O2. The van der Waals surface area contributed by atoms with Crippen LogP contribution >= 0.6 is 0 Å². The van der Waals surface area contributed by atoms with E-state index in [1.54, 1.807) is 12.1 Å². The topological polar surface area (TPSA) is 37.3 Å². The van der Waals surface area contributed by atoms with Gasteiger partial charge in [-0.2, -0.15) is 0 Å². The summed E-state index contributed by atoms with van der Waals surface area (Å²) in [6.07, 6.45) is 5.18. The Hall–Kier alpha value is -2.35. The molecule has 2 heteroatoms. The Kier molecular flexibility index (Phi) is 4.06. The predicted octanol–water partition coefficient (Wildman–Crippen LogP) is 6.19. The minimum Gasteiger partial charge on any atom is -0.478 e. The number of aromatic carboxylic acids is 1. The van der Waals surface area contributed by atoms with Crippen LogP contribution in [-0.2, 0) is 10.8 Å². The van der Waals surface area contributed by atoms with Crippen LogP contribution < -0.4 is 0 Å². The van der Waals surface area contributed by atoms with E-state index in [-0.39, 0.29) is 10.8 Å². The Bertz CT molecular complexity index is 916. The first-order valence-electron chi connectivity index (χ1n) is 9.90. The highest BCUT2D eigenvalue weighted by Gasteiger charge is 2.48. The minimum absolute atomic E-state index is 0.215. The largest absolute Gasteiger partial charge is 0.478 e. The maximum atomic E-state index is 11.1. The molecule has 0 aromatic heterocycles. The fourth-order valence-corrected chi connectivity index (χ4v) is 4.76. The van der Waals surface area contributed by atoms with Crippen LogP contribution in [0.15, 0.2) is 49.0 Å². The Morgan fingerprint density at radius 1 is 0.926 bits per heavy atom. The summed E-state index contributed by atoms with van der Waals surface area (Å²) in [6.45, 7) is 11.5. The molecule has 2 aromatic rings. The van der Waals surface area contributed by atoms with Gasteiger partial charge in [0.05, 0.1) is 5.56 Å². The fourth-order valence-electron chi connectivity index (χ4n) is 4.76. The molecule has 0 amide bonds. The SMILES string of the molecule is C=C(c1ccc(C(=O)O)cc1)c1ccc2c(c1)C(C)(C1CC1)CCC2(C)C. The summed E-state index contributed by atoms with van der Waals surface area (Å²) in [4.78, 5) is 11.1. The molecule has 1 atom stereocenters. The van der Waals surface area contributed by atoms with Crippen LogP contribution in [0.4, 0.5) is 0 Å². The first-order valence-corrected chi connectivity index (χ1v) is 9.90. The maximum Gasteiger partial charge on any atom is 0.335 e. The molecule has 2 aliphatic carbocycles. The van der Waals surface area contributed by atoms with Gasteiger partial charge in [-0.05, 0) is 82.4 Å². The first kappa shape index (κ1) is 18.0. The van der Waals surface area contributed by atoms with E-state index in [0.717, 1.165) is 22.6 Å². The van der Waals surface area contributed by atoms with Crippen molar-refractivity contribution < 1.29 is 9.90 Å². The predicted molar refractivity (Wildman–Crippen MR) is 110 cm³/mol. The van der Waals surface area contributed by atoms with Gasteiger partial charge < -0.3 is 5.11 Å². The van der Waals surface area contributed by atoms with Crippen LogP contribution in [0, 0.1) is 5.92 Å². The van der Waals surface area contributed by atoms with Crippen molar-refractivity contribution >= 4 is 11.5 Å². The average molecular weight is 360 g/mol. The average Bonchev–Trinajstić information content (AvgIpc) is 3.50. The highest BCUT2D eigenvalue weighted by Crippen LogP contribution is 2.56. The lowest BCUT2D eigenvalue weighted by Crippen LogP contribution is -2.37. The number of rotatable bonds is 4. The van der Waals surface area contributed by atoms with Crippen LogP contribution in [0.5, 0.6) is 0 Å². The van der Waals surface area contributed by atoms with Gasteiger partial charge in [0.15, 0.2) is 0 Å². The molecule has 0 bridgehead atoms. The number of fused-ring (bicyclic) bond motifs is 1. The van der Waals surface area contributed by atoms with Gasteiger partial charge >= 0.3 is 5.97 Å². The van der Waals surface area contributed by atoms with Crippen molar-refractivity contribution in [2.45, 2.75) is 57.3 Å². The molecule has 1 saturated carbocycles. The molecule has 1 N–H and O–H groups in total. The lowest BCUT2D eigenvalue weighted by Gasteiger charge is -2.44. The number of carboxylic acid groups (broad SMARTS) is 1. The molecule has 0 spiro atoms. The molecule has 0 radical (unpaired) electrons. The quantitative estimate of drug-likeness (QED) is 0.706. The van der Waals surface area contributed by atoms with Crippen molar-refractivity contribution in [3.05, 3.63) is 76.9 Å². The zero-order valence-corrected chi connectivity index (χ0v) is 16.5. The third-order valence-corrected chi connectivity index (χ3v) is 6.94. The number of carboxylic acids is 1. The molecule has 4 rings (SSSR count). The zero-order valence-electron chi connectivity index (χ0n) is 16.5. The number of benzene rings is 2. The monoisotopic (exact) mass is 360 g/mol. The van der Waals surface area contributed by atoms with Gasteiger partial charge in [0, 0.05) is 0 Å². The summed E-state index contributed by atoms with van der Waals surface area (Å²) in [5.41, 5.74) is 6.85. The van der Waals surface area contributed by atoms with Crippen LogP contribution in [-0.4, -0.2) is 11.1 Å². The van der Waals surface area contributed by atoms with Crippen molar-refractivity contribution in [1.82, 2.24) is 0 Å². The Morgan fingerprint density at radius 3 is 2.11 bits per heavy atom. The molecule has 2 aromatic carbocycles. The molecule has 27 heavy (non-hydrogen) atoms. The van der Waals surface area contributed by atoms with Gasteiger partial charge in [0.2, 0.25) is 0 Å². The highest BCUT2D eigenvalue weighted by molar-refractivity contribution is 5.88. The Labute approximate surface area is 161 Å². The van der Waals surface area contributed by atoms with Gasteiger partial charge in [0.25, 0.3) is 0 Å². The van der Waals surface area contributed by atoms with Crippen LogP contribution in [0.1, 0.15) is 79.1 Å². The van der Waals surface area contributed by atoms with Crippen molar-refractivity contribution in [2.24, 2.45) is 5.92 Å². The van der Waals surface area contributed by atoms with E-state index in [4.69, 9.17) is 5.11 Å². The number of hydrogen-bond acceptors (Lipinski definition) is 1. The van der Waals surface area contributed by atoms with Gasteiger partial charge in [-0.15, -0.1) is 0 Å². The van der Waals surface area contributed by atoms with Crippen molar-refractivity contribution in [3.8, 4) is 0 Å². The number of hydrogen-bond donors (Lipinski definition) is 1. The summed E-state index contributed by atoms with van der Waals surface area (Å²) in [6, 6.07) is 13.9. The summed E-state index contributed by atoms with van der Waals surface area (Å²) in [5.74, 6) is -0.0888. The van der Waals surface area contributed by atoms with E-state index in [2.05, 4.69) is 45.5 Å². The standard InChI is InChI=1S/C25H28O2/c1-16(17-5-7-18(8-6-17)23(26)27)19-9-12-21-22(15-19)25(4,20-10-11-20)14-13-24(21,2)3/h5-9,12,15,20H,1,10-11,13-14H2,2-4H3,(H,26,27). The van der Waals surface area contributed by atoms with Crippen molar-refractivity contribution in [1.29, 1.82) is 0 Å². The van der Waals surface area contributed by atoms with Crippen molar-refractivity contribution in [3.63, 3.8) is 0 Å². The van der Waals surface area contributed by atoms with E-state index in [1.165, 1.54) is 36.8 Å². The molecule has 2 nitrogen and oxygen atoms in total. The molecule has 1 unspecified atom stereocenters. The molecule has 2 aliphatic rings. The second-order valence-corrected chi connectivity index (χ2v) is 9.20. The van der Waals surface area contributed by atoms with E-state index in [1.807, 2.05) is 12.1 Å². The van der Waals surface area contributed by atoms with E-state index in [0.29, 0.717) is 5.56 Å². The normalized spacial score (nSPS) is 23.5. The summed E-state index contributed by atoms with van der Waals surface area (Å²) in [5, 5.41) is 9.11. The third kappa shape index (κ3) is 3.01. The molecule has 0 saturated heterocycles. The zero-order chi connectivity index (χ0) is 19.4. The first-order chi connectivity index (χ1) is 12.7. The lowest BCUT2D eigenvalue weighted by molar-refractivity contribution is 0.0697. The molecule has 1 fully saturated rings. The number of carbonyl (C=O) groups is 1. The lowest BCUT2D eigenvalue weighted by atomic mass is 9.60. The molecule has 140 valence electrons. The summed E-state index contributed by atoms with van der Waals surface area (Å²) in [7, 11) is 0. The van der Waals surface area contributed by atoms with Gasteiger partial charge in [-0.3, -0.25) is 0 Å². The summed E-state index contributed by atoms with van der Waals surface area (Å²) >= 11 is 0. The fraction of sp³-hybridized carbons (Fsp3) is 0.400. The Morgan fingerprint density at radius 2 is 1.52 bits per heavy atom. The van der Waals surface area contributed by atoms with Crippen LogP contribution in [0.2, 0.25) is 0 Å². The van der Waals surface area contributed by atoms with Gasteiger partial charge in [0.1, 0.15) is 0 Å². The van der Waals surface area contributed by atoms with E-state index < -0.39 is 5.97 Å². The smallest absolute Gasteiger partial charge is 0.335 e. The summed E-state index contributed by atoms with van der Waals surface area (Å²) < 4.78 is 0. The third-order valence-electron chi connectivity index (χ3n) is 6.94. The van der Waals surface area contributed by atoms with E-state index >= 15 is 0 Å². The van der Waals surface area contributed by atoms with Gasteiger partial charge in [-0.1, -0.05) is 57.7 Å². The van der Waals surface area contributed by atoms with Crippen LogP contribution in [0.3, 0.4) is 0 Å². The van der Waals surface area contributed by atoms with Crippen molar-refractivity contribution in [2.75, 3.05) is 0 Å².